The lowest BCUT2D eigenvalue weighted by atomic mass is 10.1. The molecule has 2 heterocycles. The Bertz CT molecular complexity index is 624. The van der Waals surface area contributed by atoms with Crippen molar-refractivity contribution >= 4 is 29.2 Å². The van der Waals surface area contributed by atoms with E-state index in [2.05, 4.69) is 0 Å². The normalized spacial score (nSPS) is 14.4. The van der Waals surface area contributed by atoms with Gasteiger partial charge in [-0.25, -0.2) is 0 Å². The summed E-state index contributed by atoms with van der Waals surface area (Å²) in [5.74, 6) is -0.425. The van der Waals surface area contributed by atoms with E-state index in [1.807, 2.05) is 29.0 Å². The van der Waals surface area contributed by atoms with Crippen LogP contribution in [0.4, 0.5) is 0 Å². The molecule has 1 aromatic heterocycles. The third-order valence-corrected chi connectivity index (χ3v) is 3.72. The van der Waals surface area contributed by atoms with Crippen LogP contribution in [0.3, 0.4) is 0 Å². The van der Waals surface area contributed by atoms with Gasteiger partial charge >= 0.3 is 0 Å². The predicted molar refractivity (Wildman–Crippen MR) is 75.2 cm³/mol. The molecule has 0 radical (unpaired) electrons. The van der Waals surface area contributed by atoms with Crippen LogP contribution in [-0.4, -0.2) is 23.3 Å². The lowest BCUT2D eigenvalue weighted by Gasteiger charge is -2.10. The minimum Gasteiger partial charge on any atom is -0.270 e. The average molecular weight is 269 g/mol. The van der Waals surface area contributed by atoms with Crippen LogP contribution in [0.15, 0.2) is 47.2 Å². The average Bonchev–Trinajstić information content (AvgIpc) is 3.02. The third kappa shape index (κ3) is 2.11. The zero-order valence-electron chi connectivity index (χ0n) is 10.1. The van der Waals surface area contributed by atoms with Crippen LogP contribution in [0, 0.1) is 0 Å². The molecule has 0 unspecified atom stereocenters. The molecule has 3 rings (SSSR count). The van der Waals surface area contributed by atoms with E-state index in [0.717, 1.165) is 5.56 Å². The number of carbonyl (C=O) groups is 2. The zero-order valence-corrected chi connectivity index (χ0v) is 10.9. The molecule has 0 fully saturated rings. The van der Waals surface area contributed by atoms with Crippen LogP contribution in [0.5, 0.6) is 0 Å². The topological polar surface area (TPSA) is 37.4 Å². The molecule has 0 atom stereocenters. The highest BCUT2D eigenvalue weighted by molar-refractivity contribution is 7.08. The van der Waals surface area contributed by atoms with E-state index in [4.69, 9.17) is 0 Å². The summed E-state index contributed by atoms with van der Waals surface area (Å²) in [5, 5.41) is 4.00. The Morgan fingerprint density at radius 2 is 1.74 bits per heavy atom. The van der Waals surface area contributed by atoms with Gasteiger partial charge in [-0.3, -0.25) is 14.5 Å². The number of benzene rings is 1. The number of carbonyl (C=O) groups excluding carboxylic acids is 2. The SMILES string of the molecule is O=C1c2ccccc2C(=O)N1C/C=C/c1ccsc1. The van der Waals surface area contributed by atoms with E-state index in [1.54, 1.807) is 35.6 Å². The maximum atomic E-state index is 12.1. The van der Waals surface area contributed by atoms with Crippen molar-refractivity contribution in [2.45, 2.75) is 0 Å². The molecule has 0 aliphatic carbocycles. The Balaban J connectivity index is 1.77. The van der Waals surface area contributed by atoms with E-state index in [0.29, 0.717) is 17.7 Å². The summed E-state index contributed by atoms with van der Waals surface area (Å²) in [4.78, 5) is 25.4. The van der Waals surface area contributed by atoms with Crippen molar-refractivity contribution in [2.24, 2.45) is 0 Å². The summed E-state index contributed by atoms with van der Waals surface area (Å²) in [6.45, 7) is 0.308. The quantitative estimate of drug-likeness (QED) is 0.803. The molecular formula is C15H11NO2S. The van der Waals surface area contributed by atoms with Gasteiger partial charge in [0.25, 0.3) is 11.8 Å². The van der Waals surface area contributed by atoms with Gasteiger partial charge in [0.1, 0.15) is 0 Å². The first kappa shape index (κ1) is 11.9. The van der Waals surface area contributed by atoms with Crippen molar-refractivity contribution in [1.82, 2.24) is 4.90 Å². The van der Waals surface area contributed by atoms with Crippen LogP contribution in [0.1, 0.15) is 26.3 Å². The van der Waals surface area contributed by atoms with Gasteiger partial charge in [-0.2, -0.15) is 11.3 Å². The first-order chi connectivity index (χ1) is 9.27. The van der Waals surface area contributed by atoms with Crippen molar-refractivity contribution in [3.8, 4) is 0 Å². The molecule has 19 heavy (non-hydrogen) atoms. The molecule has 94 valence electrons. The minimum absolute atomic E-state index is 0.212. The molecule has 0 N–H and O–H groups in total. The van der Waals surface area contributed by atoms with Gasteiger partial charge in [0.2, 0.25) is 0 Å². The van der Waals surface area contributed by atoms with Gasteiger partial charge in [0.05, 0.1) is 11.1 Å². The minimum atomic E-state index is -0.212. The van der Waals surface area contributed by atoms with Crippen molar-refractivity contribution in [3.63, 3.8) is 0 Å². The van der Waals surface area contributed by atoms with Gasteiger partial charge < -0.3 is 0 Å². The van der Waals surface area contributed by atoms with Gasteiger partial charge in [-0.1, -0.05) is 24.3 Å². The summed E-state index contributed by atoms with van der Waals surface area (Å²) in [6, 6.07) is 8.92. The van der Waals surface area contributed by atoms with Crippen molar-refractivity contribution < 1.29 is 9.59 Å². The monoisotopic (exact) mass is 269 g/mol. The molecule has 1 aliphatic heterocycles. The highest BCUT2D eigenvalue weighted by Gasteiger charge is 2.33. The maximum absolute atomic E-state index is 12.1. The lowest BCUT2D eigenvalue weighted by Crippen LogP contribution is -2.29. The molecule has 0 saturated heterocycles. The fourth-order valence-corrected chi connectivity index (χ4v) is 2.70. The number of amides is 2. The molecule has 0 spiro atoms. The summed E-state index contributed by atoms with van der Waals surface area (Å²) < 4.78 is 0. The molecular weight excluding hydrogens is 258 g/mol. The van der Waals surface area contributed by atoms with Crippen LogP contribution < -0.4 is 0 Å². The molecule has 1 aliphatic rings. The lowest BCUT2D eigenvalue weighted by molar-refractivity contribution is 0.0672. The predicted octanol–water partition coefficient (Wildman–Crippen LogP) is 3.06. The fourth-order valence-electron chi connectivity index (χ4n) is 2.07. The van der Waals surface area contributed by atoms with Gasteiger partial charge in [-0.05, 0) is 34.5 Å². The highest BCUT2D eigenvalue weighted by Crippen LogP contribution is 2.22. The molecule has 4 heteroatoms. The van der Waals surface area contributed by atoms with Crippen LogP contribution >= 0.6 is 11.3 Å². The second-order valence-corrected chi connectivity index (χ2v) is 5.01. The smallest absolute Gasteiger partial charge is 0.261 e. The Hall–Kier alpha value is -2.20. The number of hydrogen-bond acceptors (Lipinski definition) is 3. The second kappa shape index (κ2) is 4.82. The number of fused-ring (bicyclic) bond motifs is 1. The molecule has 3 nitrogen and oxygen atoms in total. The summed E-state index contributed by atoms with van der Waals surface area (Å²) in [5.41, 5.74) is 2.08. The largest absolute Gasteiger partial charge is 0.270 e. The number of imide groups is 1. The molecule has 0 bridgehead atoms. The van der Waals surface area contributed by atoms with E-state index in [9.17, 15) is 9.59 Å². The van der Waals surface area contributed by atoms with Crippen LogP contribution in [0.25, 0.3) is 6.08 Å². The number of nitrogens with zero attached hydrogens (tertiary/aromatic N) is 1. The molecule has 1 aromatic carbocycles. The number of rotatable bonds is 3. The Labute approximate surface area is 114 Å². The number of thiophene rings is 1. The van der Waals surface area contributed by atoms with E-state index < -0.39 is 0 Å². The highest BCUT2D eigenvalue weighted by atomic mass is 32.1. The van der Waals surface area contributed by atoms with E-state index in [-0.39, 0.29) is 11.8 Å². The molecule has 2 aromatic rings. The van der Waals surface area contributed by atoms with Crippen molar-refractivity contribution in [3.05, 3.63) is 63.9 Å². The second-order valence-electron chi connectivity index (χ2n) is 4.23. The summed E-state index contributed by atoms with van der Waals surface area (Å²) in [7, 11) is 0. The fraction of sp³-hybridized carbons (Fsp3) is 0.0667. The van der Waals surface area contributed by atoms with E-state index in [1.165, 1.54) is 4.90 Å². The standard InChI is InChI=1S/C15H11NO2S/c17-14-12-5-1-2-6-13(12)15(18)16(14)8-3-4-11-7-9-19-10-11/h1-7,9-10H,8H2/b4-3+. The Kier molecular flexibility index (Phi) is 3.01. The molecule has 0 saturated carbocycles. The maximum Gasteiger partial charge on any atom is 0.261 e. The van der Waals surface area contributed by atoms with Gasteiger partial charge in [0, 0.05) is 6.54 Å². The van der Waals surface area contributed by atoms with Crippen LogP contribution in [-0.2, 0) is 0 Å². The van der Waals surface area contributed by atoms with Crippen molar-refractivity contribution in [2.75, 3.05) is 6.54 Å². The van der Waals surface area contributed by atoms with E-state index >= 15 is 0 Å². The summed E-state index contributed by atoms with van der Waals surface area (Å²) >= 11 is 1.61. The Morgan fingerprint density at radius 3 is 2.32 bits per heavy atom. The Morgan fingerprint density at radius 1 is 1.05 bits per heavy atom. The van der Waals surface area contributed by atoms with Crippen LogP contribution in [0.2, 0.25) is 0 Å². The first-order valence-corrected chi connectivity index (χ1v) is 6.85. The zero-order chi connectivity index (χ0) is 13.2. The van der Waals surface area contributed by atoms with Gasteiger partial charge in [0.15, 0.2) is 0 Å². The number of hydrogen-bond donors (Lipinski definition) is 0. The van der Waals surface area contributed by atoms with Crippen molar-refractivity contribution in [1.29, 1.82) is 0 Å². The first-order valence-electron chi connectivity index (χ1n) is 5.91. The van der Waals surface area contributed by atoms with Gasteiger partial charge in [-0.15, -0.1) is 0 Å². The third-order valence-electron chi connectivity index (χ3n) is 3.02. The molecule has 2 amide bonds. The summed E-state index contributed by atoms with van der Waals surface area (Å²) in [6.07, 6.45) is 3.75.